The molecular weight excluding hydrogens is 644 g/mol. The molecule has 1 saturated heterocycles. The van der Waals surface area contributed by atoms with Crippen molar-refractivity contribution >= 4 is 56.3 Å². The van der Waals surface area contributed by atoms with Crippen molar-refractivity contribution in [1.29, 1.82) is 0 Å². The second kappa shape index (κ2) is 14.2. The molecule has 0 unspecified atom stereocenters. The summed E-state index contributed by atoms with van der Waals surface area (Å²) in [6, 6.07) is 12.7. The Kier molecular flexibility index (Phi) is 9.89. The molecule has 7 rings (SSSR count). The summed E-state index contributed by atoms with van der Waals surface area (Å²) in [6.07, 6.45) is 3.58. The number of nitrogens with one attached hydrogen (secondary N) is 3. The van der Waals surface area contributed by atoms with Gasteiger partial charge >= 0.3 is 0 Å². The Morgan fingerprint density at radius 2 is 1.71 bits per heavy atom. The fraction of sp³-hybridized carbons (Fsp3) is 0.400. The number of carbonyl (C=O) groups is 3. The summed E-state index contributed by atoms with van der Waals surface area (Å²) in [4.78, 5) is 47.6. The zero-order chi connectivity index (χ0) is 36.6. The maximum atomic E-state index is 12.7. The highest BCUT2D eigenvalue weighted by atomic mass is 16.2. The van der Waals surface area contributed by atoms with Crippen molar-refractivity contribution in [2.45, 2.75) is 44.6 Å². The normalized spacial score (nSPS) is 15.4. The molecule has 0 bridgehead atoms. The number of pyridine rings is 1. The first kappa shape index (κ1) is 35.6. The van der Waals surface area contributed by atoms with Crippen molar-refractivity contribution in [2.75, 3.05) is 56.8 Å². The van der Waals surface area contributed by atoms with Crippen molar-refractivity contribution in [3.8, 4) is 11.1 Å². The van der Waals surface area contributed by atoms with E-state index in [0.717, 1.165) is 41.0 Å². The first-order valence-electron chi connectivity index (χ1n) is 17.1. The fourth-order valence-electron chi connectivity index (χ4n) is 6.29. The number of rotatable bonds is 9. The Labute approximate surface area is 300 Å². The van der Waals surface area contributed by atoms with Crippen LogP contribution in [0.2, 0.25) is 0 Å². The molecule has 14 nitrogen and oxygen atoms in total. The van der Waals surface area contributed by atoms with Crippen molar-refractivity contribution < 1.29 is 14.4 Å². The number of hydrogen-bond acceptors (Lipinski definition) is 10. The van der Waals surface area contributed by atoms with Crippen LogP contribution in [-0.2, 0) is 16.7 Å². The lowest BCUT2D eigenvalue weighted by Crippen LogP contribution is -2.60. The van der Waals surface area contributed by atoms with E-state index in [2.05, 4.69) is 36.0 Å². The molecule has 0 atom stereocenters. The third-order valence-corrected chi connectivity index (χ3v) is 9.21. The molecular formula is C35H41B2N11O3. The number of benzene rings is 1. The standard InChI is InChI=1S/C33H35B2N11O3.C2H6/c1-36-31(48)28-24(13-27(41-42-28)40-30(47)18-11-12-18)38-22-8-5-7-20-21-14-37-46(25(21)17-44(4)29(20)22)19-15-45(16-19)33(34,35)26-10-6-9-23(39-26)32(49)43(2)3;1-2/h5-10,13-14,18-19H,11-12,15-17H2,1-4H3,(H,36,48)(H2,38,40,41,47);1-2H3. The number of carbonyl (C=O) groups excluding carboxylic acids is 3. The number of anilines is 4. The number of nitrogens with zero attached hydrogens (tertiary/aromatic N) is 8. The Hall–Kier alpha value is -5.24. The highest BCUT2D eigenvalue weighted by molar-refractivity contribution is 6.39. The van der Waals surface area contributed by atoms with E-state index in [1.807, 2.05) is 54.9 Å². The van der Waals surface area contributed by atoms with Gasteiger partial charge in [0, 0.05) is 70.1 Å². The minimum absolute atomic E-state index is 0.00741. The number of likely N-dealkylation sites (tertiary alicyclic amines) is 1. The number of amides is 3. The van der Waals surface area contributed by atoms with Gasteiger partial charge in [0.25, 0.3) is 11.8 Å². The summed E-state index contributed by atoms with van der Waals surface area (Å²) in [6.45, 7) is 5.66. The summed E-state index contributed by atoms with van der Waals surface area (Å²) >= 11 is 0. The van der Waals surface area contributed by atoms with E-state index >= 15 is 0 Å². The van der Waals surface area contributed by atoms with Gasteiger partial charge in [0.2, 0.25) is 5.91 Å². The van der Waals surface area contributed by atoms with Crippen LogP contribution in [0.4, 0.5) is 22.9 Å². The van der Waals surface area contributed by atoms with Gasteiger partial charge in [-0.05, 0) is 36.4 Å². The molecule has 1 aromatic carbocycles. The molecule has 1 aliphatic carbocycles. The van der Waals surface area contributed by atoms with Crippen LogP contribution >= 0.6 is 0 Å². The Morgan fingerprint density at radius 3 is 2.39 bits per heavy atom. The van der Waals surface area contributed by atoms with Gasteiger partial charge in [-0.25, -0.2) is 4.98 Å². The molecule has 4 radical (unpaired) electrons. The van der Waals surface area contributed by atoms with E-state index in [9.17, 15) is 14.4 Å². The van der Waals surface area contributed by atoms with Crippen molar-refractivity contribution in [3.05, 3.63) is 71.4 Å². The van der Waals surface area contributed by atoms with Crippen LogP contribution in [-0.4, -0.2) is 109 Å². The van der Waals surface area contributed by atoms with Crippen molar-refractivity contribution in [2.24, 2.45) is 5.92 Å². The van der Waals surface area contributed by atoms with Gasteiger partial charge < -0.3 is 30.7 Å². The van der Waals surface area contributed by atoms with Crippen LogP contribution in [0.1, 0.15) is 65.1 Å². The molecule has 3 aliphatic rings. The Morgan fingerprint density at radius 1 is 0.980 bits per heavy atom. The van der Waals surface area contributed by atoms with Gasteiger partial charge in [-0.3, -0.25) is 19.1 Å². The predicted molar refractivity (Wildman–Crippen MR) is 197 cm³/mol. The Balaban J connectivity index is 0.00000220. The van der Waals surface area contributed by atoms with Crippen molar-refractivity contribution in [3.63, 3.8) is 0 Å². The molecule has 1 saturated carbocycles. The number of para-hydroxylation sites is 1. The SMILES string of the molecule is CC.[B]C([B])(c1cccc(C(=O)N(C)C)n1)N1CC(n2ncc3c2CN(C)c2c(Nc4cc(NC(=O)C5CC5)nnc4C(=O)NC)cccc2-3)C1. The largest absolute Gasteiger partial charge is 0.366 e. The molecule has 16 heteroatoms. The Bertz CT molecular complexity index is 1970. The van der Waals surface area contributed by atoms with Crippen molar-refractivity contribution in [1.82, 2.24) is 40.1 Å². The first-order chi connectivity index (χ1) is 24.5. The van der Waals surface area contributed by atoms with E-state index in [1.54, 1.807) is 38.4 Å². The highest BCUT2D eigenvalue weighted by Crippen LogP contribution is 2.45. The van der Waals surface area contributed by atoms with Crippen LogP contribution in [0.25, 0.3) is 11.1 Å². The molecule has 260 valence electrons. The van der Waals surface area contributed by atoms with Crippen LogP contribution in [0.3, 0.4) is 0 Å². The van der Waals surface area contributed by atoms with Crippen LogP contribution in [0.15, 0.2) is 48.7 Å². The number of fused-ring (bicyclic) bond motifs is 3. The molecule has 4 aromatic rings. The fourth-order valence-corrected chi connectivity index (χ4v) is 6.29. The predicted octanol–water partition coefficient (Wildman–Crippen LogP) is 2.87. The summed E-state index contributed by atoms with van der Waals surface area (Å²) in [5.41, 5.74) is 5.91. The minimum atomic E-state index is -1.37. The lowest BCUT2D eigenvalue weighted by atomic mass is 9.57. The summed E-state index contributed by atoms with van der Waals surface area (Å²) < 4.78 is 2.03. The van der Waals surface area contributed by atoms with Gasteiger partial charge in [-0.1, -0.05) is 32.0 Å². The van der Waals surface area contributed by atoms with Gasteiger partial charge in [0.15, 0.2) is 11.5 Å². The minimum Gasteiger partial charge on any atom is -0.366 e. The molecule has 0 spiro atoms. The first-order valence-corrected chi connectivity index (χ1v) is 17.1. The smallest absolute Gasteiger partial charge is 0.273 e. The van der Waals surface area contributed by atoms with E-state index in [1.165, 1.54) is 11.9 Å². The van der Waals surface area contributed by atoms with E-state index in [4.69, 9.17) is 20.8 Å². The maximum absolute atomic E-state index is 12.7. The molecule has 3 amide bonds. The summed E-state index contributed by atoms with van der Waals surface area (Å²) in [7, 11) is 20.1. The lowest BCUT2D eigenvalue weighted by Gasteiger charge is -2.50. The van der Waals surface area contributed by atoms with Gasteiger partial charge in [-0.2, -0.15) is 5.10 Å². The third kappa shape index (κ3) is 6.79. The topological polar surface area (TPSA) is 154 Å². The quantitative estimate of drug-likeness (QED) is 0.224. The van der Waals surface area contributed by atoms with Crippen LogP contribution in [0, 0.1) is 5.92 Å². The zero-order valence-corrected chi connectivity index (χ0v) is 29.8. The second-order valence-electron chi connectivity index (χ2n) is 13.0. The third-order valence-electron chi connectivity index (χ3n) is 9.21. The molecule has 3 aromatic heterocycles. The van der Waals surface area contributed by atoms with E-state index in [0.29, 0.717) is 31.0 Å². The van der Waals surface area contributed by atoms with Crippen LogP contribution < -0.4 is 20.9 Å². The van der Waals surface area contributed by atoms with E-state index < -0.39 is 11.2 Å². The molecule has 3 N–H and O–H groups in total. The highest BCUT2D eigenvalue weighted by Gasteiger charge is 2.41. The maximum Gasteiger partial charge on any atom is 0.273 e. The monoisotopic (exact) mass is 685 g/mol. The van der Waals surface area contributed by atoms with Gasteiger partial charge in [-0.15, -0.1) is 10.2 Å². The van der Waals surface area contributed by atoms with E-state index in [-0.39, 0.29) is 41.0 Å². The average Bonchev–Trinajstić information content (AvgIpc) is 3.89. The second-order valence-corrected chi connectivity index (χ2v) is 13.0. The average molecular weight is 685 g/mol. The lowest BCUT2D eigenvalue weighted by molar-refractivity contribution is -0.117. The summed E-state index contributed by atoms with van der Waals surface area (Å²) in [5, 5.41) is 20.5. The van der Waals surface area contributed by atoms with Gasteiger partial charge in [0.1, 0.15) is 5.69 Å². The van der Waals surface area contributed by atoms with Gasteiger partial charge in [0.05, 0.1) is 57.2 Å². The molecule has 5 heterocycles. The molecule has 2 aliphatic heterocycles. The van der Waals surface area contributed by atoms with Crippen LogP contribution in [0.5, 0.6) is 0 Å². The molecule has 51 heavy (non-hydrogen) atoms. The zero-order valence-electron chi connectivity index (χ0n) is 29.8. The number of aromatic nitrogens is 5. The number of hydrogen-bond donors (Lipinski definition) is 3. The molecule has 2 fully saturated rings. The summed E-state index contributed by atoms with van der Waals surface area (Å²) in [5.74, 6) is -0.470.